The molecule has 0 aliphatic heterocycles. The zero-order valence-electron chi connectivity index (χ0n) is 13.8. The topological polar surface area (TPSA) is 42.4 Å². The first kappa shape index (κ1) is 18.0. The normalized spacial score (nSPS) is 11.6. The molecule has 0 bridgehead atoms. The van der Waals surface area contributed by atoms with E-state index >= 15 is 0 Å². The lowest BCUT2D eigenvalue weighted by molar-refractivity contribution is -0.137. The Morgan fingerprint density at radius 2 is 1.88 bits per heavy atom. The van der Waals surface area contributed by atoms with Crippen molar-refractivity contribution in [3.8, 4) is 0 Å². The van der Waals surface area contributed by atoms with Gasteiger partial charge < -0.3 is 9.64 Å². The van der Waals surface area contributed by atoms with Crippen LogP contribution in [0.15, 0.2) is 24.4 Å². The van der Waals surface area contributed by atoms with Crippen LogP contribution in [0.3, 0.4) is 0 Å². The van der Waals surface area contributed by atoms with Gasteiger partial charge in [-0.15, -0.1) is 0 Å². The van der Waals surface area contributed by atoms with Crippen molar-refractivity contribution in [3.05, 3.63) is 35.5 Å². The minimum atomic E-state index is -4.44. The number of halogens is 3. The Balaban J connectivity index is 2.71. The maximum Gasteiger partial charge on any atom is 0.416 e. The van der Waals surface area contributed by atoms with Crippen LogP contribution in [0.25, 0.3) is 10.9 Å². The molecule has 7 heteroatoms. The van der Waals surface area contributed by atoms with E-state index < -0.39 is 17.7 Å². The first-order chi connectivity index (χ1) is 11.3. The van der Waals surface area contributed by atoms with Gasteiger partial charge in [0.2, 0.25) is 0 Å². The zero-order valence-corrected chi connectivity index (χ0v) is 13.8. The number of rotatable bonds is 5. The molecule has 0 radical (unpaired) electrons. The molecule has 0 saturated heterocycles. The fourth-order valence-corrected chi connectivity index (χ4v) is 2.59. The van der Waals surface area contributed by atoms with Gasteiger partial charge in [-0.3, -0.25) is 4.98 Å². The first-order valence-electron chi connectivity index (χ1n) is 7.75. The molecular formula is C17H19F3N2O2. The van der Waals surface area contributed by atoms with Crippen LogP contribution in [-0.4, -0.2) is 30.6 Å². The first-order valence-corrected chi connectivity index (χ1v) is 7.75. The van der Waals surface area contributed by atoms with E-state index in [9.17, 15) is 18.0 Å². The Kier molecular flexibility index (Phi) is 5.31. The van der Waals surface area contributed by atoms with E-state index in [1.54, 1.807) is 6.92 Å². The molecule has 0 aliphatic carbocycles. The van der Waals surface area contributed by atoms with Gasteiger partial charge in [-0.1, -0.05) is 6.07 Å². The van der Waals surface area contributed by atoms with Gasteiger partial charge in [0.1, 0.15) is 5.56 Å². The summed E-state index contributed by atoms with van der Waals surface area (Å²) in [5, 5.41) is 0.497. The highest BCUT2D eigenvalue weighted by atomic mass is 19.4. The second-order valence-electron chi connectivity index (χ2n) is 5.14. The number of carbonyl (C=O) groups excluding carboxylic acids is 1. The summed E-state index contributed by atoms with van der Waals surface area (Å²) in [6.45, 7) is 6.93. The van der Waals surface area contributed by atoms with Crippen molar-refractivity contribution in [2.24, 2.45) is 0 Å². The van der Waals surface area contributed by atoms with E-state index in [4.69, 9.17) is 4.74 Å². The maximum atomic E-state index is 12.9. The van der Waals surface area contributed by atoms with Crippen LogP contribution >= 0.6 is 0 Å². The average Bonchev–Trinajstić information content (AvgIpc) is 2.54. The van der Waals surface area contributed by atoms with Crippen LogP contribution in [0.4, 0.5) is 18.9 Å². The third-order valence-corrected chi connectivity index (χ3v) is 3.74. The number of hydrogen-bond donors (Lipinski definition) is 0. The monoisotopic (exact) mass is 340 g/mol. The predicted octanol–water partition coefficient (Wildman–Crippen LogP) is 4.28. The molecule has 0 aliphatic rings. The number of benzene rings is 1. The molecule has 2 rings (SSSR count). The number of fused-ring (bicyclic) bond motifs is 1. The number of aromatic nitrogens is 1. The molecule has 2 aromatic rings. The highest BCUT2D eigenvalue weighted by Gasteiger charge is 2.31. The Bertz CT molecular complexity index is 740. The van der Waals surface area contributed by atoms with Crippen LogP contribution in [0.2, 0.25) is 0 Å². The van der Waals surface area contributed by atoms with E-state index in [2.05, 4.69) is 4.98 Å². The van der Waals surface area contributed by atoms with Crippen LogP contribution in [-0.2, 0) is 10.9 Å². The van der Waals surface area contributed by atoms with E-state index in [0.717, 1.165) is 12.1 Å². The minimum Gasteiger partial charge on any atom is -0.462 e. The number of carbonyl (C=O) groups is 1. The third-order valence-electron chi connectivity index (χ3n) is 3.74. The molecule has 0 atom stereocenters. The Morgan fingerprint density at radius 3 is 2.42 bits per heavy atom. The summed E-state index contributed by atoms with van der Waals surface area (Å²) in [7, 11) is 0. The van der Waals surface area contributed by atoms with Crippen LogP contribution < -0.4 is 4.90 Å². The average molecular weight is 340 g/mol. The lowest BCUT2D eigenvalue weighted by Gasteiger charge is -2.25. The van der Waals surface area contributed by atoms with Gasteiger partial charge in [0, 0.05) is 24.7 Å². The van der Waals surface area contributed by atoms with Gasteiger partial charge in [0.05, 0.1) is 23.4 Å². The van der Waals surface area contributed by atoms with Gasteiger partial charge in [-0.2, -0.15) is 13.2 Å². The lowest BCUT2D eigenvalue weighted by atomic mass is 10.1. The lowest BCUT2D eigenvalue weighted by Crippen LogP contribution is -2.25. The third kappa shape index (κ3) is 3.44. The second-order valence-corrected chi connectivity index (χ2v) is 5.14. The van der Waals surface area contributed by atoms with E-state index in [1.165, 1.54) is 12.3 Å². The van der Waals surface area contributed by atoms with Crippen molar-refractivity contribution in [1.29, 1.82) is 0 Å². The number of nitrogens with zero attached hydrogens (tertiary/aromatic N) is 2. The smallest absolute Gasteiger partial charge is 0.416 e. The van der Waals surface area contributed by atoms with E-state index in [0.29, 0.717) is 24.2 Å². The van der Waals surface area contributed by atoms with Crippen molar-refractivity contribution in [2.75, 3.05) is 24.6 Å². The predicted molar refractivity (Wildman–Crippen MR) is 86.3 cm³/mol. The number of alkyl halides is 3. The zero-order chi connectivity index (χ0) is 17.9. The highest BCUT2D eigenvalue weighted by Crippen LogP contribution is 2.35. The van der Waals surface area contributed by atoms with E-state index in [-0.39, 0.29) is 17.7 Å². The van der Waals surface area contributed by atoms with Crippen molar-refractivity contribution >= 4 is 22.6 Å². The fourth-order valence-electron chi connectivity index (χ4n) is 2.59. The number of anilines is 1. The van der Waals surface area contributed by atoms with Gasteiger partial charge in [-0.05, 0) is 32.9 Å². The standard InChI is InChI=1S/C17H19F3N2O2/c1-4-22(5-2)15-12-8-7-11(17(18,19)20)9-14(12)21-10-13(15)16(23)24-6-3/h7-10H,4-6H2,1-3H3. The molecule has 1 heterocycles. The Labute approximate surface area is 138 Å². The van der Waals surface area contributed by atoms with Crippen molar-refractivity contribution in [3.63, 3.8) is 0 Å². The summed E-state index contributed by atoms with van der Waals surface area (Å²) in [5.41, 5.74) is 0.238. The van der Waals surface area contributed by atoms with Gasteiger partial charge in [-0.25, -0.2) is 4.79 Å². The van der Waals surface area contributed by atoms with Crippen molar-refractivity contribution in [2.45, 2.75) is 26.9 Å². The molecule has 0 amide bonds. The summed E-state index contributed by atoms with van der Waals surface area (Å²) in [5.74, 6) is -0.534. The van der Waals surface area contributed by atoms with Crippen LogP contribution in [0, 0.1) is 0 Å². The largest absolute Gasteiger partial charge is 0.462 e. The number of pyridine rings is 1. The summed E-state index contributed by atoms with van der Waals surface area (Å²) >= 11 is 0. The molecule has 0 fully saturated rings. The van der Waals surface area contributed by atoms with E-state index in [1.807, 2.05) is 18.7 Å². The molecule has 0 spiro atoms. The van der Waals surface area contributed by atoms with Gasteiger partial charge in [0.15, 0.2) is 0 Å². The maximum absolute atomic E-state index is 12.9. The summed E-state index contributed by atoms with van der Waals surface area (Å²) in [6.07, 6.45) is -3.15. The van der Waals surface area contributed by atoms with Crippen LogP contribution in [0.5, 0.6) is 0 Å². The molecule has 1 aromatic carbocycles. The number of ether oxygens (including phenoxy) is 1. The Hall–Kier alpha value is -2.31. The summed E-state index contributed by atoms with van der Waals surface area (Å²) in [4.78, 5) is 18.2. The van der Waals surface area contributed by atoms with Crippen molar-refractivity contribution < 1.29 is 22.7 Å². The fraction of sp³-hybridized carbons (Fsp3) is 0.412. The summed E-state index contributed by atoms with van der Waals surface area (Å²) in [6, 6.07) is 3.37. The highest BCUT2D eigenvalue weighted by molar-refractivity contribution is 6.05. The van der Waals surface area contributed by atoms with Gasteiger partial charge >= 0.3 is 12.1 Å². The quantitative estimate of drug-likeness (QED) is 0.762. The number of esters is 1. The number of hydrogen-bond acceptors (Lipinski definition) is 4. The molecule has 0 unspecified atom stereocenters. The molecule has 0 saturated carbocycles. The minimum absolute atomic E-state index is 0.194. The van der Waals surface area contributed by atoms with Gasteiger partial charge in [0.25, 0.3) is 0 Å². The van der Waals surface area contributed by atoms with Crippen molar-refractivity contribution in [1.82, 2.24) is 4.98 Å². The molecule has 0 N–H and O–H groups in total. The van der Waals surface area contributed by atoms with Crippen LogP contribution in [0.1, 0.15) is 36.7 Å². The molecule has 4 nitrogen and oxygen atoms in total. The SMILES string of the molecule is CCOC(=O)c1cnc2cc(C(F)(F)F)ccc2c1N(CC)CC. The Morgan fingerprint density at radius 1 is 1.21 bits per heavy atom. The molecular weight excluding hydrogens is 321 g/mol. The summed E-state index contributed by atoms with van der Waals surface area (Å²) < 4.78 is 43.8. The molecule has 130 valence electrons. The molecule has 24 heavy (non-hydrogen) atoms. The molecule has 1 aromatic heterocycles. The second kappa shape index (κ2) is 7.07.